The Hall–Kier alpha value is -3.68. The summed E-state index contributed by atoms with van der Waals surface area (Å²) in [7, 11) is 0. The Labute approximate surface area is 217 Å². The van der Waals surface area contributed by atoms with E-state index in [-0.39, 0.29) is 16.3 Å². The number of rotatable bonds is 9. The highest BCUT2D eigenvalue weighted by Crippen LogP contribution is 2.34. The molecule has 0 saturated heterocycles. The second-order valence-electron chi connectivity index (χ2n) is 7.95. The van der Waals surface area contributed by atoms with Gasteiger partial charge in [0.2, 0.25) is 0 Å². The Balaban J connectivity index is 1.68. The van der Waals surface area contributed by atoms with Crippen LogP contribution in [0, 0.1) is 5.21 Å². The van der Waals surface area contributed by atoms with Crippen LogP contribution in [0.1, 0.15) is 17.7 Å². The van der Waals surface area contributed by atoms with E-state index in [1.54, 1.807) is 18.2 Å². The minimum Gasteiger partial charge on any atom is -0.618 e. The molecule has 1 atom stereocenters. The number of pyridine rings is 1. The number of hydrogen-bond acceptors (Lipinski definition) is 8. The first-order valence-corrected chi connectivity index (χ1v) is 11.4. The summed E-state index contributed by atoms with van der Waals surface area (Å²) in [6, 6.07) is 8.24. The Morgan fingerprint density at radius 2 is 2.03 bits per heavy atom. The lowest BCUT2D eigenvalue weighted by Gasteiger charge is -2.36. The third kappa shape index (κ3) is 5.84. The largest absolute Gasteiger partial charge is 0.618 e. The fourth-order valence-corrected chi connectivity index (χ4v) is 4.26. The average molecular weight is 555 g/mol. The molecule has 194 valence electrons. The molecule has 3 heterocycles. The molecule has 1 aliphatic heterocycles. The molecule has 4 rings (SSSR count). The van der Waals surface area contributed by atoms with Crippen LogP contribution in [0.15, 0.2) is 71.6 Å². The summed E-state index contributed by atoms with van der Waals surface area (Å²) in [6.45, 7) is -1.29. The molecule has 0 saturated carbocycles. The number of halogens is 5. The van der Waals surface area contributed by atoms with E-state index in [1.807, 2.05) is 0 Å². The molecule has 3 aromatic rings. The molecule has 0 bridgehead atoms. The SMILES string of the molecule is O=C([O-])CC1=C(F)C(NCC(F)(F)c2cccc[n+]2[O-])N(Cc2cc(Cl)ccc2-n2cnnn2)C=C1Cl. The molecule has 1 unspecified atom stereocenters. The van der Waals surface area contributed by atoms with Crippen LogP contribution in [0.5, 0.6) is 0 Å². The number of nitrogens with zero attached hydrogens (tertiary/aromatic N) is 6. The van der Waals surface area contributed by atoms with Crippen molar-refractivity contribution in [1.29, 1.82) is 0 Å². The predicted octanol–water partition coefficient (Wildman–Crippen LogP) is 1.92. The number of carbonyl (C=O) groups is 1. The summed E-state index contributed by atoms with van der Waals surface area (Å²) < 4.78 is 46.7. The van der Waals surface area contributed by atoms with E-state index in [0.717, 1.165) is 12.3 Å². The van der Waals surface area contributed by atoms with Crippen molar-refractivity contribution in [2.45, 2.75) is 25.1 Å². The molecule has 37 heavy (non-hydrogen) atoms. The summed E-state index contributed by atoms with van der Waals surface area (Å²) in [4.78, 5) is 12.4. The quantitative estimate of drug-likeness (QED) is 0.314. The van der Waals surface area contributed by atoms with Crippen molar-refractivity contribution in [3.05, 3.63) is 93.0 Å². The number of hydrogen-bond donors (Lipinski definition) is 1. The molecular weight excluding hydrogens is 538 g/mol. The Bertz CT molecular complexity index is 1370. The third-order valence-electron chi connectivity index (χ3n) is 5.46. The van der Waals surface area contributed by atoms with Crippen molar-refractivity contribution >= 4 is 29.2 Å². The molecule has 0 spiro atoms. The molecule has 1 aromatic carbocycles. The smallest absolute Gasteiger partial charge is 0.343 e. The van der Waals surface area contributed by atoms with Gasteiger partial charge in [-0.1, -0.05) is 23.2 Å². The van der Waals surface area contributed by atoms with Crippen LogP contribution in [0.3, 0.4) is 0 Å². The topological polar surface area (TPSA) is 126 Å². The molecule has 15 heteroatoms. The monoisotopic (exact) mass is 554 g/mol. The van der Waals surface area contributed by atoms with Gasteiger partial charge in [-0.25, -0.2) is 9.07 Å². The zero-order valence-corrected chi connectivity index (χ0v) is 20.2. The number of benzene rings is 1. The Kier molecular flexibility index (Phi) is 7.66. The van der Waals surface area contributed by atoms with Crippen LogP contribution in [0.25, 0.3) is 5.69 Å². The van der Waals surface area contributed by atoms with E-state index >= 15 is 4.39 Å². The lowest BCUT2D eigenvalue weighted by atomic mass is 10.0. The van der Waals surface area contributed by atoms with Gasteiger partial charge < -0.3 is 20.0 Å². The van der Waals surface area contributed by atoms with Crippen LogP contribution in [-0.2, 0) is 17.3 Å². The zero-order valence-electron chi connectivity index (χ0n) is 18.7. The molecule has 1 aliphatic rings. The maximum atomic E-state index is 15.6. The van der Waals surface area contributed by atoms with Crippen LogP contribution < -0.4 is 15.2 Å². The van der Waals surface area contributed by atoms with Crippen molar-refractivity contribution < 1.29 is 27.8 Å². The van der Waals surface area contributed by atoms with E-state index in [0.29, 0.717) is 16.3 Å². The third-order valence-corrected chi connectivity index (χ3v) is 6.02. The molecule has 0 amide bonds. The van der Waals surface area contributed by atoms with Crippen molar-refractivity contribution in [3.63, 3.8) is 0 Å². The standard InChI is InChI=1S/C22H18Cl2F3N7O3/c23-14-4-5-17(33-12-29-30-31-33)13(7-14)9-32-10-16(24)15(8-19(35)36)20(25)21(32)28-11-22(26,27)18-3-1-2-6-34(18)37/h1-7,10,12,21,28H,8-9,11H2,(H,35,36)/p-1. The first kappa shape index (κ1) is 26.4. The van der Waals surface area contributed by atoms with Gasteiger partial charge in [-0.05, 0) is 40.3 Å². The van der Waals surface area contributed by atoms with E-state index < -0.39 is 48.1 Å². The fraction of sp³-hybridized carbons (Fsp3) is 0.227. The highest BCUT2D eigenvalue weighted by atomic mass is 35.5. The summed E-state index contributed by atoms with van der Waals surface area (Å²) in [5, 5.41) is 36.5. The van der Waals surface area contributed by atoms with Gasteiger partial charge in [-0.2, -0.15) is 13.5 Å². The Morgan fingerprint density at radius 1 is 1.24 bits per heavy atom. The lowest BCUT2D eigenvalue weighted by Crippen LogP contribution is -2.50. The lowest BCUT2D eigenvalue weighted by molar-refractivity contribution is -0.624. The molecule has 2 aromatic heterocycles. The first-order chi connectivity index (χ1) is 17.6. The second-order valence-corrected chi connectivity index (χ2v) is 8.80. The average Bonchev–Trinajstić information content (AvgIpc) is 3.36. The maximum absolute atomic E-state index is 15.6. The number of nitrogens with one attached hydrogen (secondary N) is 1. The fourth-order valence-electron chi connectivity index (χ4n) is 3.78. The molecule has 0 fully saturated rings. The normalized spacial score (nSPS) is 16.2. The first-order valence-electron chi connectivity index (χ1n) is 10.6. The van der Waals surface area contributed by atoms with Crippen molar-refractivity contribution in [1.82, 2.24) is 30.4 Å². The van der Waals surface area contributed by atoms with Gasteiger partial charge in [-0.15, -0.1) is 5.10 Å². The summed E-state index contributed by atoms with van der Waals surface area (Å²) in [5.41, 5.74) is -0.349. The van der Waals surface area contributed by atoms with Crippen LogP contribution in [0.4, 0.5) is 13.2 Å². The minimum atomic E-state index is -3.71. The number of allylic oxidation sites excluding steroid dienone is 1. The van der Waals surface area contributed by atoms with Gasteiger partial charge in [0, 0.05) is 47.9 Å². The van der Waals surface area contributed by atoms with E-state index in [9.17, 15) is 23.9 Å². The molecule has 0 aliphatic carbocycles. The van der Waals surface area contributed by atoms with Crippen LogP contribution in [0.2, 0.25) is 5.02 Å². The van der Waals surface area contributed by atoms with Gasteiger partial charge in [0.05, 0.1) is 17.3 Å². The molecule has 1 N–H and O–H groups in total. The Morgan fingerprint density at radius 3 is 2.70 bits per heavy atom. The zero-order chi connectivity index (χ0) is 26.7. The highest BCUT2D eigenvalue weighted by molar-refractivity contribution is 6.32. The van der Waals surface area contributed by atoms with Crippen molar-refractivity contribution in [2.75, 3.05) is 6.54 Å². The number of carbonyl (C=O) groups excluding carboxylic acids is 1. The molecule has 10 nitrogen and oxygen atoms in total. The highest BCUT2D eigenvalue weighted by Gasteiger charge is 2.41. The molecule has 0 radical (unpaired) electrons. The number of carboxylic acid groups (broad SMARTS) is 1. The minimum absolute atomic E-state index is 0.00914. The van der Waals surface area contributed by atoms with E-state index in [1.165, 1.54) is 34.2 Å². The van der Waals surface area contributed by atoms with E-state index in [4.69, 9.17) is 23.2 Å². The predicted molar refractivity (Wildman–Crippen MR) is 122 cm³/mol. The van der Waals surface area contributed by atoms with Gasteiger partial charge in [-0.3, -0.25) is 5.32 Å². The molecular formula is C22H17Cl2F3N7O3-. The van der Waals surface area contributed by atoms with Crippen LogP contribution >= 0.6 is 23.2 Å². The van der Waals surface area contributed by atoms with Gasteiger partial charge in [0.15, 0.2) is 6.20 Å². The van der Waals surface area contributed by atoms with Gasteiger partial charge in [0.1, 0.15) is 18.3 Å². The van der Waals surface area contributed by atoms with Gasteiger partial charge in [0.25, 0.3) is 5.69 Å². The van der Waals surface area contributed by atoms with Crippen molar-refractivity contribution in [3.8, 4) is 5.69 Å². The number of aliphatic carboxylic acids is 1. The summed E-state index contributed by atoms with van der Waals surface area (Å²) in [5.74, 6) is -6.41. The second kappa shape index (κ2) is 10.7. The van der Waals surface area contributed by atoms with Crippen molar-refractivity contribution in [2.24, 2.45) is 0 Å². The van der Waals surface area contributed by atoms with Gasteiger partial charge >= 0.3 is 5.92 Å². The summed E-state index contributed by atoms with van der Waals surface area (Å²) in [6.07, 6.45) is 0.997. The van der Waals surface area contributed by atoms with E-state index in [2.05, 4.69) is 20.8 Å². The number of tetrazole rings is 1. The number of alkyl halides is 2. The van der Waals surface area contributed by atoms with Crippen LogP contribution in [-0.4, -0.2) is 43.8 Å². The maximum Gasteiger partial charge on any atom is 0.343 e. The summed E-state index contributed by atoms with van der Waals surface area (Å²) >= 11 is 12.3. The number of aromatic nitrogens is 5. The number of carboxylic acids is 1.